The number of carbonyl (C=O) groups excluding carboxylic acids is 1. The summed E-state index contributed by atoms with van der Waals surface area (Å²) in [6.45, 7) is 0.562. The van der Waals surface area contributed by atoms with Gasteiger partial charge in [0.2, 0.25) is 15.9 Å². The van der Waals surface area contributed by atoms with Crippen LogP contribution in [0.3, 0.4) is 0 Å². The Morgan fingerprint density at radius 3 is 2.38 bits per heavy atom. The largest absolute Gasteiger partial charge is 0.490 e. The van der Waals surface area contributed by atoms with E-state index >= 15 is 0 Å². The zero-order valence-electron chi connectivity index (χ0n) is 17.1. The first kappa shape index (κ1) is 24.6. The number of halogens is 3. The topological polar surface area (TPSA) is 167 Å². The summed E-state index contributed by atoms with van der Waals surface area (Å²) in [6.07, 6.45) is -5.12. The van der Waals surface area contributed by atoms with E-state index < -0.39 is 33.3 Å². The van der Waals surface area contributed by atoms with Crippen LogP contribution in [0.2, 0.25) is 0 Å². The van der Waals surface area contributed by atoms with E-state index in [1.165, 1.54) is 0 Å². The Labute approximate surface area is 190 Å². The molecule has 1 saturated heterocycles. The van der Waals surface area contributed by atoms with Gasteiger partial charge in [-0.1, -0.05) is 36.4 Å². The van der Waals surface area contributed by atoms with E-state index in [-0.39, 0.29) is 6.42 Å². The quantitative estimate of drug-likeness (QED) is 0.411. The number of nitrogens with one attached hydrogen (secondary N) is 3. The maximum atomic E-state index is 11.9. The van der Waals surface area contributed by atoms with E-state index in [9.17, 15) is 26.4 Å². The third-order valence-electron chi connectivity index (χ3n) is 4.57. The molecule has 0 aliphatic carbocycles. The van der Waals surface area contributed by atoms with Crippen molar-refractivity contribution in [3.8, 4) is 11.4 Å². The van der Waals surface area contributed by atoms with Crippen molar-refractivity contribution >= 4 is 27.6 Å². The van der Waals surface area contributed by atoms with Gasteiger partial charge in [0.05, 0.1) is 6.42 Å². The molecule has 0 saturated carbocycles. The number of anilines is 1. The summed E-state index contributed by atoms with van der Waals surface area (Å²) in [5, 5.41) is 23.4. The van der Waals surface area contributed by atoms with Crippen molar-refractivity contribution < 1.29 is 36.3 Å². The molecule has 0 spiro atoms. The first-order valence-corrected chi connectivity index (χ1v) is 11.0. The van der Waals surface area contributed by atoms with Crippen molar-refractivity contribution in [2.24, 2.45) is 0 Å². The molecule has 1 amide bonds. The van der Waals surface area contributed by atoms with Crippen LogP contribution in [-0.4, -0.2) is 52.2 Å². The normalized spacial score (nSPS) is 16.8. The first-order chi connectivity index (χ1) is 16.0. The number of carboxylic acid groups (broad SMARTS) is 1. The summed E-state index contributed by atoms with van der Waals surface area (Å²) in [5.41, 5.74) is 3.36. The lowest BCUT2D eigenvalue weighted by Crippen LogP contribution is -2.21. The van der Waals surface area contributed by atoms with Gasteiger partial charge in [-0.05, 0) is 33.7 Å². The lowest BCUT2D eigenvalue weighted by atomic mass is 10.1. The van der Waals surface area contributed by atoms with Gasteiger partial charge in [-0.2, -0.15) is 13.2 Å². The molecule has 2 heterocycles. The molecule has 4 rings (SSSR count). The van der Waals surface area contributed by atoms with Crippen LogP contribution >= 0.6 is 0 Å². The average Bonchev–Trinajstić information content (AvgIpc) is 3.40. The Morgan fingerprint density at radius 2 is 1.85 bits per heavy atom. The molecule has 4 N–H and O–H groups in total. The summed E-state index contributed by atoms with van der Waals surface area (Å²) in [4.78, 5) is 20.3. The molecule has 0 bridgehead atoms. The Bertz CT molecular complexity index is 1260. The number of aliphatic carboxylic acids is 1. The number of carboxylic acids is 1. The Kier molecular flexibility index (Phi) is 7.14. The molecule has 11 nitrogen and oxygen atoms in total. The van der Waals surface area contributed by atoms with Gasteiger partial charge in [-0.25, -0.2) is 18.3 Å². The zero-order valence-corrected chi connectivity index (χ0v) is 17.9. The highest BCUT2D eigenvalue weighted by molar-refractivity contribution is 7.90. The van der Waals surface area contributed by atoms with Crippen molar-refractivity contribution in [2.45, 2.75) is 24.4 Å². The Hall–Kier alpha value is -4.01. The van der Waals surface area contributed by atoms with Crippen LogP contribution in [0.5, 0.6) is 0 Å². The van der Waals surface area contributed by atoms with E-state index in [0.717, 1.165) is 16.8 Å². The number of amides is 1. The maximum Gasteiger partial charge on any atom is 0.490 e. The van der Waals surface area contributed by atoms with Gasteiger partial charge in [0.15, 0.2) is 5.82 Å². The van der Waals surface area contributed by atoms with E-state index in [1.807, 2.05) is 41.1 Å². The molecule has 1 aromatic heterocycles. The van der Waals surface area contributed by atoms with Crippen LogP contribution in [-0.2, 0) is 26.2 Å². The van der Waals surface area contributed by atoms with E-state index in [1.54, 1.807) is 12.1 Å². The number of nitrogens with zero attached hydrogens (tertiary/aromatic N) is 3. The minimum absolute atomic E-state index is 0.0385. The fourth-order valence-corrected chi connectivity index (χ4v) is 4.39. The molecule has 1 unspecified atom stereocenters. The standard InChI is InChI=1S/C17H16N6O3S.C2HF3O2/c24-16-9-15(27(25,26)21-16)12-6-4-11(5-7-12)10-18-14-3-1-2-13(8-14)17-19-22-23-20-17;3-2(4,5)1(6)7/h1-8,15,18H,9-10H2,(H,21,24)(H,19,20,22,23);(H,6,7). The third kappa shape index (κ3) is 6.28. The summed E-state index contributed by atoms with van der Waals surface area (Å²) < 4.78 is 57.6. The molecule has 1 fully saturated rings. The predicted molar refractivity (Wildman–Crippen MR) is 111 cm³/mol. The van der Waals surface area contributed by atoms with Crippen molar-refractivity contribution in [1.82, 2.24) is 25.3 Å². The number of H-pyrrole nitrogens is 1. The molecule has 15 heteroatoms. The van der Waals surface area contributed by atoms with Crippen molar-refractivity contribution in [3.05, 3.63) is 59.7 Å². The van der Waals surface area contributed by atoms with Gasteiger partial charge in [0.25, 0.3) is 0 Å². The number of hydrogen-bond acceptors (Lipinski definition) is 8. The first-order valence-electron chi connectivity index (χ1n) is 9.47. The van der Waals surface area contributed by atoms with E-state index in [0.29, 0.717) is 17.9 Å². The number of carbonyl (C=O) groups is 2. The van der Waals surface area contributed by atoms with Crippen LogP contribution in [0.1, 0.15) is 22.8 Å². The van der Waals surface area contributed by atoms with Gasteiger partial charge in [0.1, 0.15) is 5.25 Å². The second-order valence-electron chi connectivity index (χ2n) is 6.99. The lowest BCUT2D eigenvalue weighted by Gasteiger charge is -2.11. The number of tetrazole rings is 1. The maximum absolute atomic E-state index is 11.9. The number of alkyl halides is 3. The monoisotopic (exact) mass is 498 g/mol. The third-order valence-corrected chi connectivity index (χ3v) is 6.27. The second kappa shape index (κ2) is 9.86. The lowest BCUT2D eigenvalue weighted by molar-refractivity contribution is -0.192. The molecule has 1 aliphatic heterocycles. The van der Waals surface area contributed by atoms with Crippen molar-refractivity contribution in [3.63, 3.8) is 0 Å². The average molecular weight is 498 g/mol. The minimum Gasteiger partial charge on any atom is -0.475 e. The number of aromatic amines is 1. The molecule has 34 heavy (non-hydrogen) atoms. The van der Waals surface area contributed by atoms with Gasteiger partial charge < -0.3 is 10.4 Å². The number of rotatable bonds is 5. The molecular weight excluding hydrogens is 481 g/mol. The highest BCUT2D eigenvalue weighted by Crippen LogP contribution is 2.30. The number of aromatic nitrogens is 4. The highest BCUT2D eigenvalue weighted by Gasteiger charge is 2.38. The molecule has 2 aromatic carbocycles. The van der Waals surface area contributed by atoms with Crippen LogP contribution in [0.4, 0.5) is 18.9 Å². The van der Waals surface area contributed by atoms with Crippen LogP contribution in [0, 0.1) is 0 Å². The smallest absolute Gasteiger partial charge is 0.475 e. The Balaban J connectivity index is 0.000000406. The second-order valence-corrected chi connectivity index (χ2v) is 8.85. The van der Waals surface area contributed by atoms with E-state index in [2.05, 4.69) is 25.9 Å². The number of benzene rings is 2. The highest BCUT2D eigenvalue weighted by atomic mass is 32.2. The van der Waals surface area contributed by atoms with Crippen LogP contribution in [0.15, 0.2) is 48.5 Å². The molecule has 1 atom stereocenters. The summed E-state index contributed by atoms with van der Waals surface area (Å²) in [6, 6.07) is 14.9. The molecule has 180 valence electrons. The predicted octanol–water partition coefficient (Wildman–Crippen LogP) is 2.00. The zero-order chi connectivity index (χ0) is 24.9. The number of hydrogen-bond donors (Lipinski definition) is 4. The van der Waals surface area contributed by atoms with Crippen molar-refractivity contribution in [2.75, 3.05) is 5.32 Å². The minimum atomic E-state index is -5.08. The fraction of sp³-hybridized carbons (Fsp3) is 0.211. The van der Waals surface area contributed by atoms with Gasteiger partial charge >= 0.3 is 12.1 Å². The van der Waals surface area contributed by atoms with Crippen LogP contribution in [0.25, 0.3) is 11.4 Å². The summed E-state index contributed by atoms with van der Waals surface area (Å²) in [5.74, 6) is -2.64. The summed E-state index contributed by atoms with van der Waals surface area (Å²) in [7, 11) is -3.62. The van der Waals surface area contributed by atoms with Gasteiger partial charge in [-0.15, -0.1) is 5.10 Å². The molecular formula is C19H17F3N6O5S. The van der Waals surface area contributed by atoms with Crippen LogP contribution < -0.4 is 10.0 Å². The van der Waals surface area contributed by atoms with E-state index in [4.69, 9.17) is 9.90 Å². The summed E-state index contributed by atoms with van der Waals surface area (Å²) >= 11 is 0. The van der Waals surface area contributed by atoms with Crippen molar-refractivity contribution in [1.29, 1.82) is 0 Å². The SMILES string of the molecule is O=C(O)C(F)(F)F.O=C1CC(c2ccc(CNc3cccc(-c4nnn[nH]4)c3)cc2)S(=O)(=O)N1. The molecule has 1 aliphatic rings. The Morgan fingerprint density at radius 1 is 1.18 bits per heavy atom. The number of sulfonamides is 1. The van der Waals surface area contributed by atoms with Gasteiger partial charge in [-0.3, -0.25) is 9.52 Å². The fourth-order valence-electron chi connectivity index (χ4n) is 2.96. The molecule has 3 aromatic rings. The van der Waals surface area contributed by atoms with Gasteiger partial charge in [0, 0.05) is 17.8 Å². The molecule has 0 radical (unpaired) electrons.